The fraction of sp³-hybridized carbons (Fsp3) is 0.167. The molecule has 0 spiro atoms. The van der Waals surface area contributed by atoms with E-state index >= 15 is 0 Å². The minimum absolute atomic E-state index is 0.0973. The lowest BCUT2D eigenvalue weighted by molar-refractivity contribution is -0.136. The van der Waals surface area contributed by atoms with E-state index in [2.05, 4.69) is 25.9 Å². The number of H-pyrrole nitrogens is 1. The summed E-state index contributed by atoms with van der Waals surface area (Å²) in [4.78, 5) is 17.9. The van der Waals surface area contributed by atoms with Crippen LogP contribution in [0.1, 0.15) is 5.69 Å². The second-order valence-electron chi connectivity index (χ2n) is 3.65. The van der Waals surface area contributed by atoms with E-state index in [4.69, 9.17) is 9.84 Å². The van der Waals surface area contributed by atoms with Crippen LogP contribution in [0.25, 0.3) is 11.3 Å². The molecule has 0 aliphatic carbocycles. The van der Waals surface area contributed by atoms with Crippen LogP contribution in [0, 0.1) is 0 Å². The lowest BCUT2D eigenvalue weighted by atomic mass is 10.1. The van der Waals surface area contributed by atoms with Gasteiger partial charge in [0.25, 0.3) is 0 Å². The molecule has 0 radical (unpaired) electrons. The Bertz CT molecular complexity index is 563. The Balaban J connectivity index is 2.39. The van der Waals surface area contributed by atoms with Crippen molar-refractivity contribution in [1.82, 2.24) is 9.97 Å². The van der Waals surface area contributed by atoms with Gasteiger partial charge < -0.3 is 14.8 Å². The Hall–Kier alpha value is -1.82. The topological polar surface area (TPSA) is 75.2 Å². The molecular weight excluding hydrogens is 300 g/mol. The number of carboxylic acids is 1. The van der Waals surface area contributed by atoms with Crippen molar-refractivity contribution in [3.05, 3.63) is 34.7 Å². The quantitative estimate of drug-likeness (QED) is 0.909. The zero-order chi connectivity index (χ0) is 13.1. The highest BCUT2D eigenvalue weighted by Crippen LogP contribution is 2.25. The van der Waals surface area contributed by atoms with Crippen LogP contribution in [-0.4, -0.2) is 28.2 Å². The van der Waals surface area contributed by atoms with Crippen LogP contribution in [0.3, 0.4) is 0 Å². The first-order valence-electron chi connectivity index (χ1n) is 5.20. The molecule has 0 unspecified atom stereocenters. The molecule has 1 aromatic heterocycles. The van der Waals surface area contributed by atoms with Gasteiger partial charge in [-0.25, -0.2) is 4.98 Å². The second kappa shape index (κ2) is 5.22. The van der Waals surface area contributed by atoms with Gasteiger partial charge in [-0.1, -0.05) is 0 Å². The van der Waals surface area contributed by atoms with E-state index in [0.717, 1.165) is 11.3 Å². The number of imidazole rings is 1. The molecule has 18 heavy (non-hydrogen) atoms. The summed E-state index contributed by atoms with van der Waals surface area (Å²) < 4.78 is 5.59. The fourth-order valence-electron chi connectivity index (χ4n) is 1.64. The Morgan fingerprint density at radius 2 is 2.11 bits per heavy atom. The summed E-state index contributed by atoms with van der Waals surface area (Å²) in [6.45, 7) is 0. The SMILES string of the molecule is COc1ccc(-c2nc(Br)[nH]c2CC(=O)O)cc1. The molecule has 0 fully saturated rings. The van der Waals surface area contributed by atoms with Crippen LogP contribution < -0.4 is 4.74 Å². The van der Waals surface area contributed by atoms with Gasteiger partial charge in [-0.05, 0) is 40.2 Å². The van der Waals surface area contributed by atoms with Gasteiger partial charge in [-0.3, -0.25) is 4.79 Å². The van der Waals surface area contributed by atoms with Crippen molar-refractivity contribution < 1.29 is 14.6 Å². The molecule has 2 aromatic rings. The number of carboxylic acid groups (broad SMARTS) is 1. The van der Waals surface area contributed by atoms with Gasteiger partial charge in [0.1, 0.15) is 5.75 Å². The summed E-state index contributed by atoms with van der Waals surface area (Å²) in [5.41, 5.74) is 2.04. The number of nitrogens with one attached hydrogen (secondary N) is 1. The van der Waals surface area contributed by atoms with Crippen molar-refractivity contribution in [2.45, 2.75) is 6.42 Å². The number of nitrogens with zero attached hydrogens (tertiary/aromatic N) is 1. The predicted molar refractivity (Wildman–Crippen MR) is 69.6 cm³/mol. The number of hydrogen-bond acceptors (Lipinski definition) is 3. The van der Waals surface area contributed by atoms with E-state index in [0.29, 0.717) is 16.1 Å². The van der Waals surface area contributed by atoms with Gasteiger partial charge in [0.15, 0.2) is 4.73 Å². The number of methoxy groups -OCH3 is 1. The number of halogens is 1. The van der Waals surface area contributed by atoms with E-state index in [1.54, 1.807) is 7.11 Å². The number of aliphatic carboxylic acids is 1. The first kappa shape index (κ1) is 12.6. The van der Waals surface area contributed by atoms with Crippen molar-refractivity contribution in [2.24, 2.45) is 0 Å². The summed E-state index contributed by atoms with van der Waals surface area (Å²) in [6, 6.07) is 7.30. The van der Waals surface area contributed by atoms with Crippen molar-refractivity contribution in [1.29, 1.82) is 0 Å². The maximum absolute atomic E-state index is 10.8. The summed E-state index contributed by atoms with van der Waals surface area (Å²) in [6.07, 6.45) is -0.0973. The average Bonchev–Trinajstić information content (AvgIpc) is 2.69. The van der Waals surface area contributed by atoms with Crippen LogP contribution in [0.15, 0.2) is 29.0 Å². The van der Waals surface area contributed by atoms with Gasteiger partial charge >= 0.3 is 5.97 Å². The number of rotatable bonds is 4. The largest absolute Gasteiger partial charge is 0.497 e. The Labute approximate surface area is 112 Å². The third-order valence-corrected chi connectivity index (χ3v) is 2.82. The molecule has 0 saturated carbocycles. The molecular formula is C12H11BrN2O3. The summed E-state index contributed by atoms with van der Waals surface area (Å²) in [7, 11) is 1.59. The third kappa shape index (κ3) is 2.70. The summed E-state index contributed by atoms with van der Waals surface area (Å²) in [5, 5.41) is 8.85. The standard InChI is InChI=1S/C12H11BrN2O3/c1-18-8-4-2-7(3-5-8)11-9(6-10(16)17)14-12(13)15-11/h2-5H,6H2,1H3,(H,14,15)(H,16,17). The number of ether oxygens (including phenoxy) is 1. The molecule has 0 atom stereocenters. The lowest BCUT2D eigenvalue weighted by Gasteiger charge is -2.02. The zero-order valence-electron chi connectivity index (χ0n) is 9.61. The number of carbonyl (C=O) groups is 1. The lowest BCUT2D eigenvalue weighted by Crippen LogP contribution is -2.01. The molecule has 0 amide bonds. The van der Waals surface area contributed by atoms with E-state index in [1.165, 1.54) is 0 Å². The molecule has 1 aromatic carbocycles. The van der Waals surface area contributed by atoms with Crippen LogP contribution in [0.4, 0.5) is 0 Å². The first-order chi connectivity index (χ1) is 8.60. The normalized spacial score (nSPS) is 10.3. The highest BCUT2D eigenvalue weighted by atomic mass is 79.9. The highest BCUT2D eigenvalue weighted by molar-refractivity contribution is 9.10. The molecule has 1 heterocycles. The van der Waals surface area contributed by atoms with Gasteiger partial charge in [0, 0.05) is 5.56 Å². The van der Waals surface area contributed by atoms with Crippen molar-refractivity contribution in [3.63, 3.8) is 0 Å². The molecule has 0 saturated heterocycles. The van der Waals surface area contributed by atoms with E-state index in [9.17, 15) is 4.79 Å². The van der Waals surface area contributed by atoms with Crippen molar-refractivity contribution >= 4 is 21.9 Å². The molecule has 0 aliphatic rings. The molecule has 94 valence electrons. The van der Waals surface area contributed by atoms with E-state index in [1.807, 2.05) is 24.3 Å². The molecule has 5 nitrogen and oxygen atoms in total. The Morgan fingerprint density at radius 3 is 2.67 bits per heavy atom. The Morgan fingerprint density at radius 1 is 1.44 bits per heavy atom. The van der Waals surface area contributed by atoms with Gasteiger partial charge in [0.05, 0.1) is 24.9 Å². The molecule has 2 rings (SSSR count). The Kier molecular flexibility index (Phi) is 3.66. The van der Waals surface area contributed by atoms with Crippen LogP contribution in [-0.2, 0) is 11.2 Å². The number of aromatic amines is 1. The third-order valence-electron chi connectivity index (χ3n) is 2.44. The van der Waals surface area contributed by atoms with Crippen molar-refractivity contribution in [2.75, 3.05) is 7.11 Å². The molecule has 0 bridgehead atoms. The molecule has 2 N–H and O–H groups in total. The monoisotopic (exact) mass is 310 g/mol. The number of aromatic nitrogens is 2. The maximum Gasteiger partial charge on any atom is 0.309 e. The minimum Gasteiger partial charge on any atom is -0.497 e. The molecule has 0 aliphatic heterocycles. The summed E-state index contributed by atoms with van der Waals surface area (Å²) in [5.74, 6) is -0.158. The number of hydrogen-bond donors (Lipinski definition) is 2. The van der Waals surface area contributed by atoms with Crippen LogP contribution >= 0.6 is 15.9 Å². The van der Waals surface area contributed by atoms with Gasteiger partial charge in [-0.2, -0.15) is 0 Å². The minimum atomic E-state index is -0.902. The van der Waals surface area contributed by atoms with Crippen LogP contribution in [0.5, 0.6) is 5.75 Å². The fourth-order valence-corrected chi connectivity index (χ4v) is 2.06. The average molecular weight is 311 g/mol. The molecule has 6 heteroatoms. The van der Waals surface area contributed by atoms with Crippen molar-refractivity contribution in [3.8, 4) is 17.0 Å². The zero-order valence-corrected chi connectivity index (χ0v) is 11.2. The van der Waals surface area contributed by atoms with E-state index in [-0.39, 0.29) is 6.42 Å². The first-order valence-corrected chi connectivity index (χ1v) is 6.00. The highest BCUT2D eigenvalue weighted by Gasteiger charge is 2.13. The summed E-state index contributed by atoms with van der Waals surface area (Å²) >= 11 is 3.21. The second-order valence-corrected chi connectivity index (χ2v) is 4.40. The van der Waals surface area contributed by atoms with E-state index < -0.39 is 5.97 Å². The van der Waals surface area contributed by atoms with Gasteiger partial charge in [-0.15, -0.1) is 0 Å². The number of benzene rings is 1. The van der Waals surface area contributed by atoms with Crippen LogP contribution in [0.2, 0.25) is 0 Å². The van der Waals surface area contributed by atoms with Gasteiger partial charge in [0.2, 0.25) is 0 Å². The maximum atomic E-state index is 10.8. The smallest absolute Gasteiger partial charge is 0.309 e. The predicted octanol–water partition coefficient (Wildman–Crippen LogP) is 2.47.